The van der Waals surface area contributed by atoms with Crippen LogP contribution in [0.5, 0.6) is 0 Å². The molecule has 4 rings (SSSR count). The molecule has 136 valence electrons. The van der Waals surface area contributed by atoms with Crippen LogP contribution in [-0.4, -0.2) is 11.1 Å². The third-order valence-corrected chi connectivity index (χ3v) is 4.78. The molecule has 0 saturated heterocycles. The largest absolute Gasteiger partial charge is 0.336 e. The Morgan fingerprint density at radius 1 is 0.964 bits per heavy atom. The van der Waals surface area contributed by atoms with E-state index in [0.717, 1.165) is 28.1 Å². The molecular weight excluding hydrogens is 350 g/mol. The zero-order valence-electron chi connectivity index (χ0n) is 15.0. The van der Waals surface area contributed by atoms with E-state index >= 15 is 0 Å². The van der Waals surface area contributed by atoms with Crippen LogP contribution in [0, 0.1) is 11.3 Å². The number of fused-ring (bicyclic) bond motifs is 2. The molecule has 2 N–H and O–H groups in total. The number of carbonyl (C=O) groups excluding carboxylic acids is 1. The van der Waals surface area contributed by atoms with Crippen molar-refractivity contribution in [1.82, 2.24) is 5.48 Å². The summed E-state index contributed by atoms with van der Waals surface area (Å²) in [5.74, 6) is -0.537. The van der Waals surface area contributed by atoms with Crippen molar-refractivity contribution in [3.8, 4) is 6.07 Å². The van der Waals surface area contributed by atoms with Gasteiger partial charge in [0.1, 0.15) is 0 Å². The molecule has 1 aliphatic heterocycles. The first-order valence-corrected chi connectivity index (χ1v) is 8.82. The van der Waals surface area contributed by atoms with Gasteiger partial charge in [-0.15, -0.1) is 0 Å². The Morgan fingerprint density at radius 3 is 2.43 bits per heavy atom. The van der Waals surface area contributed by atoms with Crippen LogP contribution in [-0.2, 0) is 6.54 Å². The van der Waals surface area contributed by atoms with Crippen molar-refractivity contribution in [1.29, 1.82) is 5.26 Å². The molecule has 0 aromatic heterocycles. The number of rotatable bonds is 3. The number of nitrogens with zero attached hydrogens (tertiary/aromatic N) is 2. The molecule has 5 nitrogen and oxygen atoms in total. The Morgan fingerprint density at radius 2 is 1.68 bits per heavy atom. The molecule has 3 aromatic carbocycles. The summed E-state index contributed by atoms with van der Waals surface area (Å²) in [6, 6.07) is 23.1. The van der Waals surface area contributed by atoms with E-state index in [1.807, 2.05) is 48.5 Å². The van der Waals surface area contributed by atoms with Crippen LogP contribution in [0.1, 0.15) is 32.6 Å². The van der Waals surface area contributed by atoms with E-state index in [0.29, 0.717) is 17.7 Å². The predicted molar refractivity (Wildman–Crippen MR) is 108 cm³/mol. The number of hydroxylamine groups is 1. The van der Waals surface area contributed by atoms with Crippen molar-refractivity contribution in [2.75, 3.05) is 4.90 Å². The van der Waals surface area contributed by atoms with E-state index < -0.39 is 5.91 Å². The van der Waals surface area contributed by atoms with Crippen LogP contribution >= 0.6 is 0 Å². The summed E-state index contributed by atoms with van der Waals surface area (Å²) >= 11 is 0. The number of anilines is 2. The minimum absolute atomic E-state index is 0.392. The van der Waals surface area contributed by atoms with Crippen molar-refractivity contribution in [3.05, 3.63) is 94.5 Å². The molecule has 0 radical (unpaired) electrons. The highest BCUT2D eigenvalue weighted by molar-refractivity contribution is 5.93. The normalized spacial score (nSPS) is 11.8. The second kappa shape index (κ2) is 7.39. The maximum atomic E-state index is 11.5. The lowest BCUT2D eigenvalue weighted by Gasteiger charge is -2.27. The van der Waals surface area contributed by atoms with Crippen LogP contribution in [0.4, 0.5) is 11.4 Å². The number of nitriles is 1. The van der Waals surface area contributed by atoms with Crippen LogP contribution in [0.2, 0.25) is 0 Å². The third-order valence-electron chi connectivity index (χ3n) is 4.78. The standard InChI is InChI=1S/C23H17N3O2/c24-14-17-7-12-22-20(13-17)11-10-18-3-1-2-4-21(18)26(22)15-16-5-8-19(9-6-16)23(27)25-28/h1-13,28H,15H2,(H,25,27). The molecule has 1 aliphatic rings. The Labute approximate surface area is 162 Å². The molecule has 0 unspecified atom stereocenters. The monoisotopic (exact) mass is 367 g/mol. The second-order valence-corrected chi connectivity index (χ2v) is 6.50. The van der Waals surface area contributed by atoms with Crippen molar-refractivity contribution in [3.63, 3.8) is 0 Å². The molecule has 1 heterocycles. The second-order valence-electron chi connectivity index (χ2n) is 6.50. The molecule has 0 fully saturated rings. The van der Waals surface area contributed by atoms with Gasteiger partial charge in [-0.3, -0.25) is 10.0 Å². The van der Waals surface area contributed by atoms with Crippen LogP contribution in [0.15, 0.2) is 66.7 Å². The van der Waals surface area contributed by atoms with Gasteiger partial charge in [-0.25, -0.2) is 5.48 Å². The van der Waals surface area contributed by atoms with Gasteiger partial charge in [0.25, 0.3) is 5.91 Å². The molecule has 0 spiro atoms. The van der Waals surface area contributed by atoms with E-state index in [9.17, 15) is 10.1 Å². The van der Waals surface area contributed by atoms with Crippen molar-refractivity contribution in [2.24, 2.45) is 0 Å². The molecule has 28 heavy (non-hydrogen) atoms. The SMILES string of the molecule is N#Cc1ccc2c(c1)C=Cc1ccccc1N2Cc1ccc(C(=O)NO)cc1. The zero-order valence-corrected chi connectivity index (χ0v) is 15.0. The van der Waals surface area contributed by atoms with Gasteiger partial charge in [-0.05, 0) is 53.1 Å². The van der Waals surface area contributed by atoms with Gasteiger partial charge in [0.15, 0.2) is 0 Å². The van der Waals surface area contributed by atoms with Gasteiger partial charge < -0.3 is 4.90 Å². The fraction of sp³-hybridized carbons (Fsp3) is 0.0435. The van der Waals surface area contributed by atoms with Crippen LogP contribution in [0.25, 0.3) is 12.2 Å². The smallest absolute Gasteiger partial charge is 0.274 e. The lowest BCUT2D eigenvalue weighted by Crippen LogP contribution is -2.19. The van der Waals surface area contributed by atoms with Crippen LogP contribution in [0.3, 0.4) is 0 Å². The Kier molecular flexibility index (Phi) is 4.63. The average molecular weight is 367 g/mol. The number of hydrogen-bond donors (Lipinski definition) is 2. The summed E-state index contributed by atoms with van der Waals surface area (Å²) in [5, 5.41) is 18.0. The first-order valence-electron chi connectivity index (χ1n) is 8.82. The number of carbonyl (C=O) groups is 1. The highest BCUT2D eigenvalue weighted by Gasteiger charge is 2.18. The highest BCUT2D eigenvalue weighted by atomic mass is 16.5. The number of hydrogen-bond acceptors (Lipinski definition) is 4. The minimum Gasteiger partial charge on any atom is -0.336 e. The van der Waals surface area contributed by atoms with Gasteiger partial charge in [-0.2, -0.15) is 5.26 Å². The number of benzene rings is 3. The first-order chi connectivity index (χ1) is 13.7. The molecule has 3 aromatic rings. The maximum Gasteiger partial charge on any atom is 0.274 e. The lowest BCUT2D eigenvalue weighted by atomic mass is 10.1. The third kappa shape index (κ3) is 3.25. The Hall–Kier alpha value is -3.88. The summed E-state index contributed by atoms with van der Waals surface area (Å²) < 4.78 is 0. The lowest BCUT2D eigenvalue weighted by molar-refractivity contribution is 0.0706. The average Bonchev–Trinajstić information content (AvgIpc) is 2.90. The highest BCUT2D eigenvalue weighted by Crippen LogP contribution is 2.37. The first kappa shape index (κ1) is 17.5. The fourth-order valence-electron chi connectivity index (χ4n) is 3.37. The fourth-order valence-corrected chi connectivity index (χ4v) is 3.37. The molecule has 0 atom stereocenters. The zero-order chi connectivity index (χ0) is 19.5. The molecule has 0 bridgehead atoms. The quantitative estimate of drug-likeness (QED) is 0.528. The molecule has 0 saturated carbocycles. The number of nitrogens with one attached hydrogen (secondary N) is 1. The number of para-hydroxylation sites is 1. The molecule has 0 aliphatic carbocycles. The van der Waals surface area contributed by atoms with E-state index in [4.69, 9.17) is 5.21 Å². The summed E-state index contributed by atoms with van der Waals surface area (Å²) in [6.07, 6.45) is 4.09. The van der Waals surface area contributed by atoms with Gasteiger partial charge in [0, 0.05) is 23.5 Å². The maximum absolute atomic E-state index is 11.5. The van der Waals surface area contributed by atoms with E-state index in [1.165, 1.54) is 0 Å². The molecular formula is C23H17N3O2. The summed E-state index contributed by atoms with van der Waals surface area (Å²) in [6.45, 7) is 0.596. The summed E-state index contributed by atoms with van der Waals surface area (Å²) in [7, 11) is 0. The summed E-state index contributed by atoms with van der Waals surface area (Å²) in [4.78, 5) is 13.7. The topological polar surface area (TPSA) is 76.4 Å². The number of amides is 1. The van der Waals surface area contributed by atoms with Gasteiger partial charge in [0.05, 0.1) is 11.6 Å². The van der Waals surface area contributed by atoms with Crippen molar-refractivity contribution in [2.45, 2.75) is 6.54 Å². The molecule has 5 heteroatoms. The van der Waals surface area contributed by atoms with Crippen molar-refractivity contribution >= 4 is 29.4 Å². The Bertz CT molecular complexity index is 1110. The van der Waals surface area contributed by atoms with Crippen LogP contribution < -0.4 is 10.4 Å². The summed E-state index contributed by atoms with van der Waals surface area (Å²) in [5.41, 5.74) is 7.82. The van der Waals surface area contributed by atoms with E-state index in [1.54, 1.807) is 17.6 Å². The Balaban J connectivity index is 1.76. The minimum atomic E-state index is -0.537. The van der Waals surface area contributed by atoms with E-state index in [-0.39, 0.29) is 0 Å². The molecule has 1 amide bonds. The van der Waals surface area contributed by atoms with Gasteiger partial charge in [-0.1, -0.05) is 42.5 Å². The van der Waals surface area contributed by atoms with E-state index in [2.05, 4.69) is 29.2 Å². The van der Waals surface area contributed by atoms with Crippen molar-refractivity contribution < 1.29 is 10.0 Å². The van der Waals surface area contributed by atoms with Gasteiger partial charge >= 0.3 is 0 Å². The predicted octanol–water partition coefficient (Wildman–Crippen LogP) is 4.50. The van der Waals surface area contributed by atoms with Gasteiger partial charge in [0.2, 0.25) is 0 Å².